The van der Waals surface area contributed by atoms with E-state index in [9.17, 15) is 31.1 Å². The molecule has 0 aliphatic carbocycles. The van der Waals surface area contributed by atoms with Gasteiger partial charge in [0.05, 0.1) is 25.0 Å². The topological polar surface area (TPSA) is 35.5 Å². The Balaban J connectivity index is 2.35. The maximum Gasteiger partial charge on any atom is 0.522 e. The van der Waals surface area contributed by atoms with Gasteiger partial charge in [0.25, 0.3) is 0 Å². The number of Topliss-reactive ketones (excluding diaryl/α,β-unsaturated/α-hetero) is 1. The smallest absolute Gasteiger partial charge is 0.298 e. The van der Waals surface area contributed by atoms with E-state index < -0.39 is 43.6 Å². The van der Waals surface area contributed by atoms with Crippen LogP contribution in [-0.4, -0.2) is 31.7 Å². The van der Waals surface area contributed by atoms with Crippen molar-refractivity contribution in [2.75, 3.05) is 13.2 Å². The molecular formula is C19H16F6O3. The summed E-state index contributed by atoms with van der Waals surface area (Å²) in [6.45, 7) is -2.11. The summed E-state index contributed by atoms with van der Waals surface area (Å²) in [5.41, 5.74) is 0.398. The highest BCUT2D eigenvalue weighted by molar-refractivity contribution is 5.92. The van der Waals surface area contributed by atoms with Crippen LogP contribution in [0.4, 0.5) is 26.3 Å². The molecule has 0 saturated carbocycles. The van der Waals surface area contributed by atoms with Crippen molar-refractivity contribution in [2.24, 2.45) is 0 Å². The zero-order valence-electron chi connectivity index (χ0n) is 14.3. The van der Waals surface area contributed by atoms with Crippen molar-refractivity contribution < 1.29 is 40.6 Å². The number of rotatable bonds is 8. The summed E-state index contributed by atoms with van der Waals surface area (Å²) < 4.78 is 82.7. The van der Waals surface area contributed by atoms with Crippen LogP contribution in [0.15, 0.2) is 60.7 Å². The Morgan fingerprint density at radius 1 is 0.679 bits per heavy atom. The summed E-state index contributed by atoms with van der Waals surface area (Å²) >= 11 is 0. The molecule has 0 aliphatic rings. The van der Waals surface area contributed by atoms with Crippen LogP contribution in [-0.2, 0) is 14.3 Å². The lowest BCUT2D eigenvalue weighted by Crippen LogP contribution is -2.31. The predicted octanol–water partition coefficient (Wildman–Crippen LogP) is 5.20. The van der Waals surface area contributed by atoms with Crippen molar-refractivity contribution >= 4 is 5.78 Å². The van der Waals surface area contributed by atoms with Crippen LogP contribution in [0.5, 0.6) is 0 Å². The Bertz CT molecular complexity index is 680. The van der Waals surface area contributed by atoms with Gasteiger partial charge in [0.2, 0.25) is 0 Å². The molecule has 152 valence electrons. The molecule has 0 aliphatic heterocycles. The lowest BCUT2D eigenvalue weighted by atomic mass is 9.84. The number of carbonyl (C=O) groups excluding carboxylic acids is 1. The third-order valence-electron chi connectivity index (χ3n) is 3.92. The number of alkyl halides is 6. The standard InChI is InChI=1S/C19H16F6O3/c20-18(21,22)27-11-15(13-7-3-1-4-8-13)17(26)16(12-28-19(23,24)25)14-9-5-2-6-10-14/h1-10,15-16H,11-12H2. The minimum absolute atomic E-state index is 0.199. The second-order valence-electron chi connectivity index (χ2n) is 5.84. The molecule has 9 heteroatoms. The molecular weight excluding hydrogens is 390 g/mol. The number of hydrogen-bond donors (Lipinski definition) is 0. The quantitative estimate of drug-likeness (QED) is 0.566. The van der Waals surface area contributed by atoms with E-state index in [1.54, 1.807) is 12.1 Å². The molecule has 0 amide bonds. The summed E-state index contributed by atoms with van der Waals surface area (Å²) in [5, 5.41) is 0. The Labute approximate surface area is 156 Å². The van der Waals surface area contributed by atoms with Gasteiger partial charge in [-0.3, -0.25) is 14.3 Å². The minimum atomic E-state index is -4.99. The first-order valence-corrected chi connectivity index (χ1v) is 8.12. The Morgan fingerprint density at radius 3 is 1.29 bits per heavy atom. The van der Waals surface area contributed by atoms with Gasteiger partial charge in [-0.2, -0.15) is 0 Å². The first-order valence-electron chi connectivity index (χ1n) is 8.12. The number of ketones is 1. The number of halogens is 6. The van der Waals surface area contributed by atoms with E-state index >= 15 is 0 Å². The molecule has 0 radical (unpaired) electrons. The first-order chi connectivity index (χ1) is 13.1. The number of hydrogen-bond acceptors (Lipinski definition) is 3. The van der Waals surface area contributed by atoms with Crippen LogP contribution in [0, 0.1) is 0 Å². The molecule has 0 saturated heterocycles. The maximum atomic E-state index is 13.0. The molecule has 0 spiro atoms. The molecule has 2 unspecified atom stereocenters. The van der Waals surface area contributed by atoms with Gasteiger partial charge in [-0.15, -0.1) is 26.3 Å². The molecule has 28 heavy (non-hydrogen) atoms. The Kier molecular flexibility index (Phi) is 7.20. The Hall–Kier alpha value is -2.39. The summed E-state index contributed by atoms with van der Waals surface area (Å²) in [6.07, 6.45) is -9.98. The molecule has 0 heterocycles. The fourth-order valence-corrected chi connectivity index (χ4v) is 2.65. The molecule has 2 atom stereocenters. The van der Waals surface area contributed by atoms with Crippen LogP contribution < -0.4 is 0 Å². The summed E-state index contributed by atoms with van der Waals surface area (Å²) in [7, 11) is 0. The molecule has 2 rings (SSSR count). The molecule has 0 aromatic heterocycles. The molecule has 3 nitrogen and oxygen atoms in total. The van der Waals surface area contributed by atoms with Crippen molar-refractivity contribution in [3.63, 3.8) is 0 Å². The van der Waals surface area contributed by atoms with E-state index in [1.807, 2.05) is 0 Å². The van der Waals surface area contributed by atoms with Gasteiger partial charge in [-0.1, -0.05) is 60.7 Å². The van der Waals surface area contributed by atoms with E-state index in [0.717, 1.165) is 0 Å². The van der Waals surface area contributed by atoms with Crippen LogP contribution in [0.3, 0.4) is 0 Å². The average molecular weight is 406 g/mol. The second kappa shape index (κ2) is 9.20. The Morgan fingerprint density at radius 2 is 1.00 bits per heavy atom. The lowest BCUT2D eigenvalue weighted by Gasteiger charge is -2.24. The van der Waals surface area contributed by atoms with Crippen LogP contribution in [0.1, 0.15) is 23.0 Å². The van der Waals surface area contributed by atoms with Crippen molar-refractivity contribution in [3.8, 4) is 0 Å². The van der Waals surface area contributed by atoms with Crippen molar-refractivity contribution in [1.29, 1.82) is 0 Å². The summed E-state index contributed by atoms with van der Waals surface area (Å²) in [4.78, 5) is 13.0. The van der Waals surface area contributed by atoms with E-state index in [0.29, 0.717) is 0 Å². The van der Waals surface area contributed by atoms with Crippen molar-refractivity contribution in [1.82, 2.24) is 0 Å². The third kappa shape index (κ3) is 6.97. The van der Waals surface area contributed by atoms with Gasteiger partial charge < -0.3 is 0 Å². The zero-order chi connectivity index (χ0) is 20.8. The van der Waals surface area contributed by atoms with Crippen LogP contribution in [0.2, 0.25) is 0 Å². The van der Waals surface area contributed by atoms with Gasteiger partial charge in [0.1, 0.15) is 0 Å². The van der Waals surface area contributed by atoms with E-state index in [4.69, 9.17) is 0 Å². The fraction of sp³-hybridized carbons (Fsp3) is 0.316. The fourth-order valence-electron chi connectivity index (χ4n) is 2.65. The van der Waals surface area contributed by atoms with Crippen molar-refractivity contribution in [2.45, 2.75) is 24.6 Å². The van der Waals surface area contributed by atoms with Gasteiger partial charge in [-0.05, 0) is 11.1 Å². The second-order valence-corrected chi connectivity index (χ2v) is 5.84. The van der Waals surface area contributed by atoms with E-state index in [-0.39, 0.29) is 11.1 Å². The summed E-state index contributed by atoms with van der Waals surface area (Å²) in [6, 6.07) is 14.9. The SMILES string of the molecule is O=C(C(COC(F)(F)F)c1ccccc1)C(COC(F)(F)F)c1ccccc1. The lowest BCUT2D eigenvalue weighted by molar-refractivity contribution is -0.326. The van der Waals surface area contributed by atoms with Crippen molar-refractivity contribution in [3.05, 3.63) is 71.8 Å². The molecule has 0 bridgehead atoms. The number of carbonyl (C=O) groups is 1. The normalized spacial score (nSPS) is 14.5. The highest BCUT2D eigenvalue weighted by atomic mass is 19.4. The first kappa shape index (κ1) is 21.9. The molecule has 2 aromatic carbocycles. The van der Waals surface area contributed by atoms with Gasteiger partial charge >= 0.3 is 12.7 Å². The van der Waals surface area contributed by atoms with Gasteiger partial charge in [0, 0.05) is 0 Å². The zero-order valence-corrected chi connectivity index (χ0v) is 14.3. The van der Waals surface area contributed by atoms with Crippen LogP contribution in [0.25, 0.3) is 0 Å². The molecule has 0 N–H and O–H groups in total. The van der Waals surface area contributed by atoms with Gasteiger partial charge in [-0.25, -0.2) is 0 Å². The number of benzene rings is 2. The highest BCUT2D eigenvalue weighted by Crippen LogP contribution is 2.31. The maximum absolute atomic E-state index is 13.0. The average Bonchev–Trinajstić information content (AvgIpc) is 2.62. The van der Waals surface area contributed by atoms with E-state index in [1.165, 1.54) is 48.5 Å². The third-order valence-corrected chi connectivity index (χ3v) is 3.92. The number of ether oxygens (including phenoxy) is 2. The van der Waals surface area contributed by atoms with Gasteiger partial charge in [0.15, 0.2) is 5.78 Å². The largest absolute Gasteiger partial charge is 0.522 e. The monoisotopic (exact) mass is 406 g/mol. The summed E-state index contributed by atoms with van der Waals surface area (Å²) in [5.74, 6) is -3.72. The van der Waals surface area contributed by atoms with Crippen LogP contribution >= 0.6 is 0 Å². The molecule has 2 aromatic rings. The predicted molar refractivity (Wildman–Crippen MR) is 87.4 cm³/mol. The minimum Gasteiger partial charge on any atom is -0.298 e. The van der Waals surface area contributed by atoms with E-state index in [2.05, 4.69) is 9.47 Å². The highest BCUT2D eigenvalue weighted by Gasteiger charge is 2.38. The molecule has 0 fully saturated rings.